The second-order valence-corrected chi connectivity index (χ2v) is 30.6. The second kappa shape index (κ2) is 17.0. The molecule has 0 heterocycles. The lowest BCUT2D eigenvalue weighted by Crippen LogP contribution is -2.43. The second-order valence-electron chi connectivity index (χ2n) is 25.0. The summed E-state index contributed by atoms with van der Waals surface area (Å²) >= 11 is 0. The molecule has 3 aromatic carbocycles. The van der Waals surface area contributed by atoms with E-state index < -0.39 is 19.6 Å². The summed E-state index contributed by atoms with van der Waals surface area (Å²) in [6.45, 7) is 55.6. The van der Waals surface area contributed by atoms with Crippen LogP contribution in [-0.2, 0) is 37.9 Å². The SMILES string of the molecule is CC(C)[Si](C#CC(O)C#CC(c1cc(C(C)(C)C)cc(C(C)(C)C)c1)(c1cc(C(C)(C)C)cc(C(C)(C)C)c1)c1cc(C(C)(C)C)cc(C(C)(C)C)c1)(C(C)C)C(C)C. The molecule has 0 saturated carbocycles. The third-order valence-corrected chi connectivity index (χ3v) is 19.3. The van der Waals surface area contributed by atoms with Gasteiger partial charge in [0.25, 0.3) is 0 Å². The average molecular weight is 815 g/mol. The van der Waals surface area contributed by atoms with Gasteiger partial charge >= 0.3 is 0 Å². The lowest BCUT2D eigenvalue weighted by molar-refractivity contribution is 0.289. The summed E-state index contributed by atoms with van der Waals surface area (Å²) in [6.07, 6.45) is -1.11. The molecule has 0 aromatic heterocycles. The lowest BCUT2D eigenvalue weighted by Gasteiger charge is -2.38. The molecule has 0 aliphatic heterocycles. The third-order valence-electron chi connectivity index (χ3n) is 13.0. The van der Waals surface area contributed by atoms with Crippen molar-refractivity contribution in [3.63, 3.8) is 0 Å². The highest BCUT2D eigenvalue weighted by molar-refractivity contribution is 6.90. The summed E-state index contributed by atoms with van der Waals surface area (Å²) in [7, 11) is -2.12. The van der Waals surface area contributed by atoms with Gasteiger partial charge in [0.1, 0.15) is 13.5 Å². The highest BCUT2D eigenvalue weighted by atomic mass is 28.3. The minimum Gasteiger partial charge on any atom is -0.369 e. The van der Waals surface area contributed by atoms with E-state index in [4.69, 9.17) is 0 Å². The van der Waals surface area contributed by atoms with Crippen molar-refractivity contribution in [1.29, 1.82) is 0 Å². The Hall–Kier alpha value is -3.04. The van der Waals surface area contributed by atoms with E-state index >= 15 is 0 Å². The number of benzene rings is 3. The quantitative estimate of drug-likeness (QED) is 0.149. The standard InChI is InChI=1S/C57H86OSi/c1-38(2)59(39(3)4,40(5)6)28-26-50(58)25-27-57(47-32-41(51(7,8)9)29-42(33-47)52(10,11)12,48-34-43(53(13,14)15)30-44(35-48)54(16,17)18)49-36-45(55(19,20)21)31-46(37-49)56(22,23)24/h29-40,50,58H,1-24H3. The molecule has 1 atom stereocenters. The van der Waals surface area contributed by atoms with Crippen LogP contribution in [0, 0.1) is 23.3 Å². The molecule has 0 aliphatic rings. The van der Waals surface area contributed by atoms with Gasteiger partial charge in [0.05, 0.1) is 0 Å². The minimum absolute atomic E-state index is 0.119. The van der Waals surface area contributed by atoms with Gasteiger partial charge in [0.15, 0.2) is 6.10 Å². The van der Waals surface area contributed by atoms with E-state index in [2.05, 4.69) is 244 Å². The first kappa shape index (κ1) is 50.3. The van der Waals surface area contributed by atoms with Crippen molar-refractivity contribution in [1.82, 2.24) is 0 Å². The Balaban J connectivity index is 2.90. The van der Waals surface area contributed by atoms with E-state index in [1.807, 2.05) is 0 Å². The summed E-state index contributed by atoms with van der Waals surface area (Å²) in [5.41, 5.74) is 14.6. The van der Waals surface area contributed by atoms with Crippen molar-refractivity contribution in [3.05, 3.63) is 105 Å². The smallest absolute Gasteiger partial charge is 0.176 e. The first-order valence-electron chi connectivity index (χ1n) is 22.6. The molecule has 0 radical (unpaired) electrons. The van der Waals surface area contributed by atoms with E-state index in [0.29, 0.717) is 16.6 Å². The number of aliphatic hydroxyl groups is 1. The minimum atomic E-state index is -2.12. The summed E-state index contributed by atoms with van der Waals surface area (Å²) in [6, 6.07) is 21.8. The van der Waals surface area contributed by atoms with Crippen molar-refractivity contribution >= 4 is 8.07 Å². The molecule has 3 rings (SSSR count). The molecule has 0 bridgehead atoms. The predicted octanol–water partition coefficient (Wildman–Crippen LogP) is 15.4. The van der Waals surface area contributed by atoms with Crippen molar-refractivity contribution in [3.8, 4) is 23.3 Å². The van der Waals surface area contributed by atoms with Crippen LogP contribution >= 0.6 is 0 Å². The molecular formula is C57H86OSi. The van der Waals surface area contributed by atoms with E-state index in [9.17, 15) is 5.11 Å². The molecule has 0 fully saturated rings. The molecule has 0 saturated heterocycles. The lowest BCUT2D eigenvalue weighted by atomic mass is 9.64. The van der Waals surface area contributed by atoms with Gasteiger partial charge in [-0.25, -0.2) is 0 Å². The number of rotatable bonds is 6. The Morgan fingerprint density at radius 2 is 0.559 bits per heavy atom. The summed E-state index contributed by atoms with van der Waals surface area (Å²) in [5, 5.41) is 12.1. The first-order chi connectivity index (χ1) is 26.4. The van der Waals surface area contributed by atoms with E-state index in [0.717, 1.165) is 16.7 Å². The van der Waals surface area contributed by atoms with Crippen LogP contribution in [0.5, 0.6) is 0 Å². The zero-order valence-electron chi connectivity index (χ0n) is 42.5. The molecule has 0 amide bonds. The number of hydrogen-bond acceptors (Lipinski definition) is 1. The molecule has 0 aliphatic carbocycles. The van der Waals surface area contributed by atoms with Crippen LogP contribution in [0.4, 0.5) is 0 Å². The highest BCUT2D eigenvalue weighted by Gasteiger charge is 2.43. The molecule has 0 spiro atoms. The van der Waals surface area contributed by atoms with Crippen LogP contribution < -0.4 is 0 Å². The van der Waals surface area contributed by atoms with Gasteiger partial charge in [-0.15, -0.1) is 5.54 Å². The van der Waals surface area contributed by atoms with Crippen molar-refractivity contribution in [2.75, 3.05) is 0 Å². The highest BCUT2D eigenvalue weighted by Crippen LogP contribution is 2.47. The Kier molecular flexibility index (Phi) is 14.5. The van der Waals surface area contributed by atoms with Crippen LogP contribution in [0.25, 0.3) is 0 Å². The van der Waals surface area contributed by atoms with Crippen LogP contribution in [-0.4, -0.2) is 19.3 Å². The van der Waals surface area contributed by atoms with Gasteiger partial charge in [-0.1, -0.05) is 239 Å². The third kappa shape index (κ3) is 11.3. The van der Waals surface area contributed by atoms with Crippen molar-refractivity contribution < 1.29 is 5.11 Å². The molecule has 59 heavy (non-hydrogen) atoms. The molecular weight excluding hydrogens is 729 g/mol. The molecule has 3 aromatic rings. The number of hydrogen-bond donors (Lipinski definition) is 1. The van der Waals surface area contributed by atoms with Gasteiger partial charge in [-0.05, 0) is 99.2 Å². The Morgan fingerprint density at radius 3 is 0.746 bits per heavy atom. The van der Waals surface area contributed by atoms with Gasteiger partial charge in [0.2, 0.25) is 0 Å². The van der Waals surface area contributed by atoms with Crippen molar-refractivity contribution in [2.45, 2.75) is 227 Å². The fraction of sp³-hybridized carbons (Fsp3) is 0.614. The maximum atomic E-state index is 12.1. The maximum Gasteiger partial charge on any atom is 0.176 e. The first-order valence-corrected chi connectivity index (χ1v) is 24.8. The topological polar surface area (TPSA) is 20.2 Å². The summed E-state index contributed by atoms with van der Waals surface area (Å²) < 4.78 is 0. The number of aliphatic hydroxyl groups excluding tert-OH is 1. The Labute approximate surface area is 366 Å². The average Bonchev–Trinajstić information content (AvgIpc) is 3.05. The van der Waals surface area contributed by atoms with E-state index in [-0.39, 0.29) is 32.5 Å². The fourth-order valence-corrected chi connectivity index (χ4v) is 13.9. The van der Waals surface area contributed by atoms with Gasteiger partial charge in [-0.2, -0.15) is 0 Å². The predicted molar refractivity (Wildman–Crippen MR) is 264 cm³/mol. The van der Waals surface area contributed by atoms with Crippen LogP contribution in [0.1, 0.15) is 216 Å². The zero-order chi connectivity index (χ0) is 45.7. The summed E-state index contributed by atoms with van der Waals surface area (Å²) in [4.78, 5) is 0. The van der Waals surface area contributed by atoms with Gasteiger partial charge < -0.3 is 5.11 Å². The largest absolute Gasteiger partial charge is 0.369 e. The maximum absolute atomic E-state index is 12.1. The molecule has 2 heteroatoms. The zero-order valence-corrected chi connectivity index (χ0v) is 43.5. The fourth-order valence-electron chi connectivity index (χ4n) is 8.69. The van der Waals surface area contributed by atoms with E-state index in [1.54, 1.807) is 0 Å². The van der Waals surface area contributed by atoms with Gasteiger partial charge in [-0.3, -0.25) is 0 Å². The molecule has 1 nitrogen and oxygen atoms in total. The monoisotopic (exact) mass is 815 g/mol. The van der Waals surface area contributed by atoms with E-state index in [1.165, 1.54) is 33.4 Å². The van der Waals surface area contributed by atoms with Gasteiger partial charge in [0, 0.05) is 0 Å². The molecule has 1 N–H and O–H groups in total. The van der Waals surface area contributed by atoms with Crippen LogP contribution in [0.3, 0.4) is 0 Å². The van der Waals surface area contributed by atoms with Crippen LogP contribution in [0.15, 0.2) is 54.6 Å². The van der Waals surface area contributed by atoms with Crippen molar-refractivity contribution in [2.24, 2.45) is 0 Å². The Bertz CT molecular complexity index is 1770. The molecule has 1 unspecified atom stereocenters. The Morgan fingerprint density at radius 1 is 0.356 bits per heavy atom. The summed E-state index contributed by atoms with van der Waals surface area (Å²) in [5.74, 6) is 10.9. The normalized spacial score (nSPS) is 14.3. The molecule has 324 valence electrons. The van der Waals surface area contributed by atoms with Crippen LogP contribution in [0.2, 0.25) is 16.6 Å².